The highest BCUT2D eigenvalue weighted by Crippen LogP contribution is 2.33. The van der Waals surface area contributed by atoms with E-state index in [1.807, 2.05) is 12.1 Å². The van der Waals surface area contributed by atoms with Crippen LogP contribution < -0.4 is 11.1 Å². The fourth-order valence-corrected chi connectivity index (χ4v) is 3.46. The quantitative estimate of drug-likeness (QED) is 0.657. The Balaban J connectivity index is 1.55. The lowest BCUT2D eigenvalue weighted by Crippen LogP contribution is -2.25. The molecule has 6 nitrogen and oxygen atoms in total. The monoisotopic (exact) mass is 378 g/mol. The normalized spacial score (nSPS) is 15.3. The molecule has 146 valence electrons. The second-order valence-corrected chi connectivity index (χ2v) is 8.14. The zero-order chi connectivity index (χ0) is 19.8. The summed E-state index contributed by atoms with van der Waals surface area (Å²) in [6.07, 6.45) is 4.55. The third-order valence-corrected chi connectivity index (χ3v) is 5.56. The number of aryl methyl sites for hydroxylation is 1. The maximum Gasteiger partial charge on any atom is 0.274 e. The lowest BCUT2D eigenvalue weighted by molar-refractivity contribution is 0.492. The average Bonchev–Trinajstić information content (AvgIpc) is 3.52. The van der Waals surface area contributed by atoms with Crippen LogP contribution in [0.3, 0.4) is 0 Å². The lowest BCUT2D eigenvalue weighted by Gasteiger charge is -2.14. The van der Waals surface area contributed by atoms with Crippen molar-refractivity contribution in [3.05, 3.63) is 68.5 Å². The highest BCUT2D eigenvalue weighted by molar-refractivity contribution is 5.81. The molecule has 0 aliphatic heterocycles. The number of fused-ring (bicyclic) bond motifs is 1. The summed E-state index contributed by atoms with van der Waals surface area (Å²) < 4.78 is 3.15. The van der Waals surface area contributed by atoms with Gasteiger partial charge in [0.1, 0.15) is 0 Å². The van der Waals surface area contributed by atoms with Crippen molar-refractivity contribution in [3.8, 4) is 0 Å². The minimum Gasteiger partial charge on any atom is -0.268 e. The zero-order valence-electron chi connectivity index (χ0n) is 16.6. The number of hydrogen-bond donors (Lipinski definition) is 0. The Bertz CT molecular complexity index is 1130. The second-order valence-electron chi connectivity index (χ2n) is 8.14. The highest BCUT2D eigenvalue weighted by atomic mass is 16.1. The van der Waals surface area contributed by atoms with Gasteiger partial charge in [0, 0.05) is 23.9 Å². The van der Waals surface area contributed by atoms with E-state index in [9.17, 15) is 9.59 Å². The van der Waals surface area contributed by atoms with E-state index in [0.29, 0.717) is 17.8 Å². The first kappa shape index (κ1) is 18.6. The molecule has 0 bridgehead atoms. The van der Waals surface area contributed by atoms with Gasteiger partial charge in [-0.15, -0.1) is 0 Å². The topological polar surface area (TPSA) is 69.8 Å². The summed E-state index contributed by atoms with van der Waals surface area (Å²) >= 11 is 0. The molecule has 0 N–H and O–H groups in total. The van der Waals surface area contributed by atoms with Crippen molar-refractivity contribution < 1.29 is 0 Å². The van der Waals surface area contributed by atoms with Crippen molar-refractivity contribution in [3.63, 3.8) is 0 Å². The molecule has 2 heterocycles. The van der Waals surface area contributed by atoms with Crippen molar-refractivity contribution in [1.29, 1.82) is 0 Å². The van der Waals surface area contributed by atoms with Gasteiger partial charge in [-0.1, -0.05) is 32.9 Å². The average molecular weight is 378 g/mol. The Labute approximate surface area is 163 Å². The third-order valence-electron chi connectivity index (χ3n) is 5.56. The first-order chi connectivity index (χ1) is 13.4. The molecule has 0 radical (unpaired) electrons. The summed E-state index contributed by atoms with van der Waals surface area (Å²) in [5, 5.41) is 10.5. The molecule has 0 amide bonds. The molecule has 28 heavy (non-hydrogen) atoms. The molecule has 1 saturated carbocycles. The van der Waals surface area contributed by atoms with Gasteiger partial charge in [0.05, 0.1) is 23.3 Å². The van der Waals surface area contributed by atoms with Gasteiger partial charge in [-0.2, -0.15) is 10.2 Å². The van der Waals surface area contributed by atoms with Crippen LogP contribution in [-0.2, 0) is 6.54 Å². The molecule has 0 saturated heterocycles. The molecular formula is C22H26N4O2. The Morgan fingerprint density at radius 3 is 2.61 bits per heavy atom. The molecule has 4 rings (SSSR count). The Morgan fingerprint density at radius 2 is 1.89 bits per heavy atom. The van der Waals surface area contributed by atoms with Crippen LogP contribution >= 0.6 is 0 Å². The fraction of sp³-hybridized carbons (Fsp3) is 0.455. The molecule has 1 aliphatic carbocycles. The Morgan fingerprint density at radius 1 is 1.11 bits per heavy atom. The van der Waals surface area contributed by atoms with Crippen molar-refractivity contribution in [2.75, 3.05) is 0 Å². The summed E-state index contributed by atoms with van der Waals surface area (Å²) in [6.45, 7) is 6.84. The predicted octanol–water partition coefficient (Wildman–Crippen LogP) is 3.61. The second kappa shape index (κ2) is 7.34. The van der Waals surface area contributed by atoms with E-state index in [4.69, 9.17) is 0 Å². The number of rotatable bonds is 6. The van der Waals surface area contributed by atoms with E-state index < -0.39 is 0 Å². The van der Waals surface area contributed by atoms with Crippen LogP contribution in [0.15, 0.2) is 46.1 Å². The number of benzene rings is 1. The van der Waals surface area contributed by atoms with Crippen LogP contribution in [0.25, 0.3) is 10.8 Å². The molecule has 0 spiro atoms. The summed E-state index contributed by atoms with van der Waals surface area (Å²) in [5.41, 5.74) is 1.96. The van der Waals surface area contributed by atoms with Crippen LogP contribution in [0.1, 0.15) is 69.2 Å². The Kier molecular flexibility index (Phi) is 4.87. The van der Waals surface area contributed by atoms with E-state index in [2.05, 4.69) is 37.0 Å². The molecular weight excluding hydrogens is 352 g/mol. The number of aromatic nitrogens is 4. The first-order valence-corrected chi connectivity index (χ1v) is 10.0. The minimum absolute atomic E-state index is 0.0353. The molecule has 6 heteroatoms. The van der Waals surface area contributed by atoms with E-state index in [0.717, 1.165) is 35.9 Å². The molecule has 1 unspecified atom stereocenters. The van der Waals surface area contributed by atoms with Gasteiger partial charge in [0.2, 0.25) is 0 Å². The van der Waals surface area contributed by atoms with Crippen molar-refractivity contribution in [2.24, 2.45) is 0 Å². The van der Waals surface area contributed by atoms with Gasteiger partial charge < -0.3 is 0 Å². The largest absolute Gasteiger partial charge is 0.274 e. The van der Waals surface area contributed by atoms with Crippen molar-refractivity contribution in [1.82, 2.24) is 19.6 Å². The van der Waals surface area contributed by atoms with E-state index >= 15 is 0 Å². The summed E-state index contributed by atoms with van der Waals surface area (Å²) in [7, 11) is 0. The highest BCUT2D eigenvalue weighted by Gasteiger charge is 2.26. The molecule has 1 aliphatic rings. The SMILES string of the molecule is CC(C)c1ccc2cnn(CCC(C)c3ccc(=O)n(C4CC4)n3)c(=O)c2c1. The van der Waals surface area contributed by atoms with E-state index in [-0.39, 0.29) is 23.1 Å². The van der Waals surface area contributed by atoms with Crippen LogP contribution in [-0.4, -0.2) is 19.6 Å². The molecule has 1 aromatic carbocycles. The summed E-state index contributed by atoms with van der Waals surface area (Å²) in [6, 6.07) is 9.68. The van der Waals surface area contributed by atoms with Gasteiger partial charge >= 0.3 is 0 Å². The molecule has 1 fully saturated rings. The lowest BCUT2D eigenvalue weighted by atomic mass is 10.0. The number of nitrogens with zero attached hydrogens (tertiary/aromatic N) is 4. The predicted molar refractivity (Wildman–Crippen MR) is 110 cm³/mol. The maximum atomic E-state index is 12.9. The van der Waals surface area contributed by atoms with Gasteiger partial charge in [-0.25, -0.2) is 9.36 Å². The third kappa shape index (κ3) is 3.63. The molecule has 2 aromatic heterocycles. The van der Waals surface area contributed by atoms with Gasteiger partial charge in [0.15, 0.2) is 0 Å². The van der Waals surface area contributed by atoms with Crippen LogP contribution in [0, 0.1) is 0 Å². The smallest absolute Gasteiger partial charge is 0.268 e. The minimum atomic E-state index is -0.0527. The van der Waals surface area contributed by atoms with Gasteiger partial charge in [-0.3, -0.25) is 9.59 Å². The Hall–Kier alpha value is -2.76. The summed E-state index contributed by atoms with van der Waals surface area (Å²) in [5.74, 6) is 0.510. The first-order valence-electron chi connectivity index (χ1n) is 10.0. The van der Waals surface area contributed by atoms with Crippen molar-refractivity contribution in [2.45, 2.75) is 64.5 Å². The van der Waals surface area contributed by atoms with Crippen LogP contribution in [0.5, 0.6) is 0 Å². The maximum absolute atomic E-state index is 12.9. The summed E-state index contributed by atoms with van der Waals surface area (Å²) in [4.78, 5) is 24.8. The molecule has 3 aromatic rings. The zero-order valence-corrected chi connectivity index (χ0v) is 16.6. The van der Waals surface area contributed by atoms with E-state index in [1.54, 1.807) is 27.7 Å². The van der Waals surface area contributed by atoms with Gasteiger partial charge in [0.25, 0.3) is 11.1 Å². The fourth-order valence-electron chi connectivity index (χ4n) is 3.46. The standard InChI is InChI=1S/C22H26N4O2/c1-14(2)16-4-5-17-13-23-25(22(28)19(17)12-16)11-10-15(3)20-8-9-21(27)26(24-20)18-6-7-18/h4-5,8-9,12-15,18H,6-7,10-11H2,1-3H3. The molecule has 1 atom stereocenters. The van der Waals surface area contributed by atoms with Crippen molar-refractivity contribution >= 4 is 10.8 Å². The number of hydrogen-bond acceptors (Lipinski definition) is 4. The van der Waals surface area contributed by atoms with Crippen LogP contribution in [0.2, 0.25) is 0 Å². The van der Waals surface area contributed by atoms with Gasteiger partial charge in [-0.05, 0) is 42.9 Å². The van der Waals surface area contributed by atoms with Crippen LogP contribution in [0.4, 0.5) is 0 Å². The van der Waals surface area contributed by atoms with E-state index in [1.165, 1.54) is 0 Å².